The third-order valence-corrected chi connectivity index (χ3v) is 2.92. The molecule has 0 aliphatic heterocycles. The van der Waals surface area contributed by atoms with E-state index >= 15 is 0 Å². The van der Waals surface area contributed by atoms with Crippen molar-refractivity contribution in [3.8, 4) is 11.5 Å². The van der Waals surface area contributed by atoms with Crippen molar-refractivity contribution in [1.82, 2.24) is 5.32 Å². The van der Waals surface area contributed by atoms with Crippen LogP contribution in [0.3, 0.4) is 0 Å². The fourth-order valence-electron chi connectivity index (χ4n) is 1.92. The molecule has 0 amide bonds. The summed E-state index contributed by atoms with van der Waals surface area (Å²) in [5.74, 6) is 1.22. The Morgan fingerprint density at radius 3 is 2.70 bits per heavy atom. The smallest absolute Gasteiger partial charge is 0.127 e. The molecule has 4 heteroatoms. The van der Waals surface area contributed by atoms with Gasteiger partial charge in [0.2, 0.25) is 0 Å². The molecule has 1 N–H and O–H groups in total. The summed E-state index contributed by atoms with van der Waals surface area (Å²) in [4.78, 5) is 0. The molecule has 0 spiro atoms. The van der Waals surface area contributed by atoms with Gasteiger partial charge in [-0.05, 0) is 30.8 Å². The van der Waals surface area contributed by atoms with Gasteiger partial charge in [0.15, 0.2) is 0 Å². The predicted molar refractivity (Wildman–Crippen MR) is 76.5 cm³/mol. The van der Waals surface area contributed by atoms with Crippen molar-refractivity contribution in [3.63, 3.8) is 0 Å². The maximum absolute atomic E-state index is 13.1. The Hall–Kier alpha value is -2.07. The van der Waals surface area contributed by atoms with E-state index in [2.05, 4.69) is 5.32 Å². The van der Waals surface area contributed by atoms with E-state index in [1.165, 1.54) is 12.1 Å². The van der Waals surface area contributed by atoms with E-state index in [1.807, 2.05) is 31.3 Å². The van der Waals surface area contributed by atoms with Crippen molar-refractivity contribution in [2.75, 3.05) is 14.2 Å². The SMILES string of the molecule is CNCc1ccc(OC)cc1OCc1cccc(F)c1. The summed E-state index contributed by atoms with van der Waals surface area (Å²) in [6.45, 7) is 1.02. The largest absolute Gasteiger partial charge is 0.497 e. The van der Waals surface area contributed by atoms with E-state index in [4.69, 9.17) is 9.47 Å². The second kappa shape index (κ2) is 6.91. The van der Waals surface area contributed by atoms with E-state index in [1.54, 1.807) is 13.2 Å². The molecule has 0 fully saturated rings. The molecule has 0 aliphatic carbocycles. The van der Waals surface area contributed by atoms with Gasteiger partial charge in [0.1, 0.15) is 23.9 Å². The Kier molecular flexibility index (Phi) is 4.96. The van der Waals surface area contributed by atoms with Crippen LogP contribution < -0.4 is 14.8 Å². The monoisotopic (exact) mass is 275 g/mol. The quantitative estimate of drug-likeness (QED) is 0.878. The Labute approximate surface area is 118 Å². The minimum absolute atomic E-state index is 0.257. The number of ether oxygens (including phenoxy) is 2. The minimum atomic E-state index is -0.257. The van der Waals surface area contributed by atoms with E-state index < -0.39 is 0 Å². The van der Waals surface area contributed by atoms with Crippen molar-refractivity contribution in [2.45, 2.75) is 13.2 Å². The number of halogens is 1. The van der Waals surface area contributed by atoms with E-state index in [0.717, 1.165) is 22.6 Å². The number of benzene rings is 2. The number of nitrogens with one attached hydrogen (secondary N) is 1. The third kappa shape index (κ3) is 3.71. The standard InChI is InChI=1S/C16H18FNO2/c1-18-10-13-6-7-15(19-2)9-16(13)20-11-12-4-3-5-14(17)8-12/h3-9,18H,10-11H2,1-2H3. The molecule has 0 atom stereocenters. The lowest BCUT2D eigenvalue weighted by Crippen LogP contribution is -2.08. The van der Waals surface area contributed by atoms with Crippen molar-refractivity contribution in [1.29, 1.82) is 0 Å². The Bertz CT molecular complexity index is 572. The summed E-state index contributed by atoms with van der Waals surface area (Å²) in [6, 6.07) is 12.1. The van der Waals surface area contributed by atoms with Gasteiger partial charge in [0.25, 0.3) is 0 Å². The summed E-state index contributed by atoms with van der Waals surface area (Å²) in [5, 5.41) is 3.09. The maximum Gasteiger partial charge on any atom is 0.127 e. The summed E-state index contributed by atoms with van der Waals surface area (Å²) >= 11 is 0. The highest BCUT2D eigenvalue weighted by atomic mass is 19.1. The lowest BCUT2D eigenvalue weighted by Gasteiger charge is -2.13. The second-order valence-corrected chi connectivity index (χ2v) is 4.42. The van der Waals surface area contributed by atoms with Crippen molar-refractivity contribution in [3.05, 3.63) is 59.4 Å². The third-order valence-electron chi connectivity index (χ3n) is 2.92. The van der Waals surface area contributed by atoms with Crippen LogP contribution in [0, 0.1) is 5.82 Å². The molecule has 0 saturated carbocycles. The van der Waals surface area contributed by atoms with Crippen LogP contribution in [0.1, 0.15) is 11.1 Å². The molecule has 2 aromatic carbocycles. The molecule has 0 radical (unpaired) electrons. The van der Waals surface area contributed by atoms with Crippen LogP contribution in [0.4, 0.5) is 4.39 Å². The minimum Gasteiger partial charge on any atom is -0.497 e. The molecule has 0 aliphatic rings. The van der Waals surface area contributed by atoms with Crippen molar-refractivity contribution >= 4 is 0 Å². The van der Waals surface area contributed by atoms with Gasteiger partial charge in [-0.25, -0.2) is 4.39 Å². The first-order valence-electron chi connectivity index (χ1n) is 6.41. The van der Waals surface area contributed by atoms with Gasteiger partial charge in [-0.2, -0.15) is 0 Å². The highest BCUT2D eigenvalue weighted by Crippen LogP contribution is 2.25. The molecule has 2 rings (SSSR count). The van der Waals surface area contributed by atoms with Gasteiger partial charge in [-0.1, -0.05) is 18.2 Å². The molecule has 20 heavy (non-hydrogen) atoms. The summed E-state index contributed by atoms with van der Waals surface area (Å²) in [6.07, 6.45) is 0. The molecular formula is C16H18FNO2. The van der Waals surface area contributed by atoms with Crippen LogP contribution in [0.5, 0.6) is 11.5 Å². The molecular weight excluding hydrogens is 257 g/mol. The predicted octanol–water partition coefficient (Wildman–Crippen LogP) is 3.13. The summed E-state index contributed by atoms with van der Waals surface area (Å²) < 4.78 is 24.1. The number of methoxy groups -OCH3 is 1. The fourth-order valence-corrected chi connectivity index (χ4v) is 1.92. The first kappa shape index (κ1) is 14.3. The Balaban J connectivity index is 2.14. The molecule has 3 nitrogen and oxygen atoms in total. The second-order valence-electron chi connectivity index (χ2n) is 4.42. The Morgan fingerprint density at radius 1 is 1.15 bits per heavy atom. The average Bonchev–Trinajstić information content (AvgIpc) is 2.46. The zero-order valence-electron chi connectivity index (χ0n) is 11.7. The van der Waals surface area contributed by atoms with Gasteiger partial charge in [-0.15, -0.1) is 0 Å². The molecule has 0 aromatic heterocycles. The summed E-state index contributed by atoms with van der Waals surface area (Å²) in [5.41, 5.74) is 1.83. The number of hydrogen-bond donors (Lipinski definition) is 1. The van der Waals surface area contributed by atoms with Crippen LogP contribution >= 0.6 is 0 Å². The van der Waals surface area contributed by atoms with Gasteiger partial charge < -0.3 is 14.8 Å². The first-order chi connectivity index (χ1) is 9.72. The lowest BCUT2D eigenvalue weighted by molar-refractivity contribution is 0.299. The van der Waals surface area contributed by atoms with Crippen LogP contribution in [-0.4, -0.2) is 14.2 Å². The molecule has 0 saturated heterocycles. The van der Waals surface area contributed by atoms with Crippen LogP contribution in [0.15, 0.2) is 42.5 Å². The van der Waals surface area contributed by atoms with Gasteiger partial charge >= 0.3 is 0 Å². The number of hydrogen-bond acceptors (Lipinski definition) is 3. The normalized spacial score (nSPS) is 10.3. The highest BCUT2D eigenvalue weighted by Gasteiger charge is 2.06. The topological polar surface area (TPSA) is 30.5 Å². The van der Waals surface area contributed by atoms with E-state index in [9.17, 15) is 4.39 Å². The zero-order valence-corrected chi connectivity index (χ0v) is 11.7. The summed E-state index contributed by atoms with van der Waals surface area (Å²) in [7, 11) is 3.49. The lowest BCUT2D eigenvalue weighted by atomic mass is 10.2. The fraction of sp³-hybridized carbons (Fsp3) is 0.250. The molecule has 0 heterocycles. The van der Waals surface area contributed by atoms with Gasteiger partial charge in [0.05, 0.1) is 7.11 Å². The highest BCUT2D eigenvalue weighted by molar-refractivity contribution is 5.40. The van der Waals surface area contributed by atoms with Crippen LogP contribution in [0.25, 0.3) is 0 Å². The van der Waals surface area contributed by atoms with Crippen LogP contribution in [0.2, 0.25) is 0 Å². The van der Waals surface area contributed by atoms with E-state index in [-0.39, 0.29) is 5.82 Å². The molecule has 2 aromatic rings. The van der Waals surface area contributed by atoms with Gasteiger partial charge in [-0.3, -0.25) is 0 Å². The van der Waals surface area contributed by atoms with Crippen molar-refractivity contribution < 1.29 is 13.9 Å². The molecule has 106 valence electrons. The van der Waals surface area contributed by atoms with Gasteiger partial charge in [0, 0.05) is 18.2 Å². The van der Waals surface area contributed by atoms with E-state index in [0.29, 0.717) is 13.2 Å². The average molecular weight is 275 g/mol. The van der Waals surface area contributed by atoms with Crippen LogP contribution in [-0.2, 0) is 13.2 Å². The number of rotatable bonds is 6. The maximum atomic E-state index is 13.1. The first-order valence-corrected chi connectivity index (χ1v) is 6.41. The Morgan fingerprint density at radius 2 is 2.00 bits per heavy atom. The molecule has 0 bridgehead atoms. The zero-order chi connectivity index (χ0) is 14.4. The molecule has 0 unspecified atom stereocenters. The van der Waals surface area contributed by atoms with Crippen molar-refractivity contribution in [2.24, 2.45) is 0 Å².